The maximum atomic E-state index is 6.04. The van der Waals surface area contributed by atoms with Gasteiger partial charge in [0.15, 0.2) is 0 Å². The van der Waals surface area contributed by atoms with E-state index in [4.69, 9.17) is 23.4 Å². The molecule has 2 fully saturated rings. The highest BCUT2D eigenvalue weighted by Crippen LogP contribution is 2.37. The number of hydrogen-bond acceptors (Lipinski definition) is 5. The largest absolute Gasteiger partial charge is 0.490 e. The second-order valence-corrected chi connectivity index (χ2v) is 6.86. The molecule has 130 valence electrons. The Labute approximate surface area is 145 Å². The van der Waals surface area contributed by atoms with E-state index in [0.29, 0.717) is 13.2 Å². The van der Waals surface area contributed by atoms with Crippen LogP contribution in [-0.2, 0) is 9.47 Å². The minimum Gasteiger partial charge on any atom is -0.490 e. The first-order valence-corrected chi connectivity index (χ1v) is 8.63. The Morgan fingerprint density at radius 2 is 1.24 bits per heavy atom. The predicted molar refractivity (Wildman–Crippen MR) is 93.7 cm³/mol. The fourth-order valence-corrected chi connectivity index (χ4v) is 3.04. The standard InChI is InChI=1S/C20H20O5/c1-11-3-19-15(5-17(11)23-9-13-7-21-13)16-6-18(24-10-14-8-22-14)12(2)4-20(16)25-19/h3-6,13-14H,7-10H2,1-2H3. The van der Waals surface area contributed by atoms with E-state index in [1.807, 2.05) is 26.0 Å². The highest BCUT2D eigenvalue weighted by Gasteiger charge is 2.24. The molecule has 25 heavy (non-hydrogen) atoms. The summed E-state index contributed by atoms with van der Waals surface area (Å²) in [5.74, 6) is 1.75. The summed E-state index contributed by atoms with van der Waals surface area (Å²) < 4.78 is 28.3. The minimum atomic E-state index is 0.239. The van der Waals surface area contributed by atoms with Crippen LogP contribution in [0.3, 0.4) is 0 Å². The van der Waals surface area contributed by atoms with E-state index in [-0.39, 0.29) is 12.2 Å². The number of epoxide rings is 2. The molecule has 0 radical (unpaired) electrons. The van der Waals surface area contributed by atoms with Crippen LogP contribution >= 0.6 is 0 Å². The second kappa shape index (κ2) is 5.64. The van der Waals surface area contributed by atoms with Crippen molar-refractivity contribution in [1.29, 1.82) is 0 Å². The maximum absolute atomic E-state index is 6.04. The number of ether oxygens (including phenoxy) is 4. The lowest BCUT2D eigenvalue weighted by Gasteiger charge is -2.08. The SMILES string of the molecule is Cc1cc2oc3cc(C)c(OCC4CO4)cc3c2cc1OCC1CO1. The topological polar surface area (TPSA) is 56.7 Å². The fraction of sp³-hybridized carbons (Fsp3) is 0.400. The van der Waals surface area contributed by atoms with Gasteiger partial charge in [-0.2, -0.15) is 0 Å². The maximum Gasteiger partial charge on any atom is 0.135 e. The quantitative estimate of drug-likeness (QED) is 0.640. The van der Waals surface area contributed by atoms with Crippen molar-refractivity contribution in [2.75, 3.05) is 26.4 Å². The lowest BCUT2D eigenvalue weighted by molar-refractivity contribution is 0.262. The third-order valence-corrected chi connectivity index (χ3v) is 4.72. The Morgan fingerprint density at radius 1 is 0.800 bits per heavy atom. The predicted octanol–water partition coefficient (Wildman–Crippen LogP) is 3.76. The Kier molecular flexibility index (Phi) is 3.40. The van der Waals surface area contributed by atoms with Crippen LogP contribution in [0.4, 0.5) is 0 Å². The Balaban J connectivity index is 1.54. The Bertz CT molecular complexity index is 874. The molecule has 2 unspecified atom stereocenters. The molecule has 5 rings (SSSR count). The molecule has 2 aliphatic rings. The van der Waals surface area contributed by atoms with Gasteiger partial charge in [0.2, 0.25) is 0 Å². The van der Waals surface area contributed by atoms with Crippen LogP contribution in [0.2, 0.25) is 0 Å². The van der Waals surface area contributed by atoms with Crippen molar-refractivity contribution in [3.05, 3.63) is 35.4 Å². The molecule has 2 saturated heterocycles. The molecule has 3 heterocycles. The summed E-state index contributed by atoms with van der Waals surface area (Å²) in [5, 5.41) is 2.08. The molecule has 0 saturated carbocycles. The monoisotopic (exact) mass is 340 g/mol. The van der Waals surface area contributed by atoms with Crippen LogP contribution in [0.5, 0.6) is 11.5 Å². The molecule has 1 aromatic heterocycles. The highest BCUT2D eigenvalue weighted by molar-refractivity contribution is 6.06. The van der Waals surface area contributed by atoms with Crippen molar-refractivity contribution in [3.63, 3.8) is 0 Å². The van der Waals surface area contributed by atoms with E-state index in [1.165, 1.54) is 0 Å². The van der Waals surface area contributed by atoms with E-state index in [1.54, 1.807) is 0 Å². The summed E-state index contributed by atoms with van der Waals surface area (Å²) in [6.45, 7) is 6.84. The van der Waals surface area contributed by atoms with Gasteiger partial charge in [-0.1, -0.05) is 0 Å². The molecule has 3 aromatic rings. The molecular formula is C20H20O5. The van der Waals surface area contributed by atoms with E-state index in [9.17, 15) is 0 Å². The molecule has 2 aromatic carbocycles. The van der Waals surface area contributed by atoms with Crippen molar-refractivity contribution in [1.82, 2.24) is 0 Å². The van der Waals surface area contributed by atoms with Crippen molar-refractivity contribution >= 4 is 21.9 Å². The number of furan rings is 1. The third kappa shape index (κ3) is 2.94. The third-order valence-electron chi connectivity index (χ3n) is 4.72. The summed E-state index contributed by atoms with van der Waals surface area (Å²) in [6, 6.07) is 8.18. The van der Waals surface area contributed by atoms with Crippen LogP contribution in [0, 0.1) is 13.8 Å². The number of fused-ring (bicyclic) bond motifs is 3. The fourth-order valence-electron chi connectivity index (χ4n) is 3.04. The van der Waals surface area contributed by atoms with Crippen LogP contribution in [0.15, 0.2) is 28.7 Å². The van der Waals surface area contributed by atoms with Crippen molar-refractivity contribution in [2.24, 2.45) is 0 Å². The average Bonchev–Trinajstić information content (AvgIpc) is 3.49. The van der Waals surface area contributed by atoms with E-state index in [2.05, 4.69) is 12.1 Å². The van der Waals surface area contributed by atoms with Crippen molar-refractivity contribution in [2.45, 2.75) is 26.1 Å². The summed E-state index contributed by atoms with van der Waals surface area (Å²) in [5.41, 5.74) is 3.85. The van der Waals surface area contributed by atoms with Crippen LogP contribution in [0.1, 0.15) is 11.1 Å². The van der Waals surface area contributed by atoms with Gasteiger partial charge in [-0.25, -0.2) is 0 Å². The van der Waals surface area contributed by atoms with Gasteiger partial charge >= 0.3 is 0 Å². The van der Waals surface area contributed by atoms with Gasteiger partial charge in [-0.3, -0.25) is 0 Å². The van der Waals surface area contributed by atoms with Gasteiger partial charge in [0.25, 0.3) is 0 Å². The zero-order valence-corrected chi connectivity index (χ0v) is 14.3. The van der Waals surface area contributed by atoms with Gasteiger partial charge in [0, 0.05) is 10.8 Å². The van der Waals surface area contributed by atoms with Gasteiger partial charge in [-0.15, -0.1) is 0 Å². The van der Waals surface area contributed by atoms with Crippen LogP contribution in [0.25, 0.3) is 21.9 Å². The van der Waals surface area contributed by atoms with Gasteiger partial charge in [-0.05, 0) is 49.2 Å². The van der Waals surface area contributed by atoms with E-state index in [0.717, 1.165) is 57.8 Å². The second-order valence-electron chi connectivity index (χ2n) is 6.86. The Hall–Kier alpha value is -2.24. The summed E-state index contributed by atoms with van der Waals surface area (Å²) in [6.07, 6.45) is 0.479. The van der Waals surface area contributed by atoms with Crippen molar-refractivity contribution in [3.8, 4) is 11.5 Å². The summed E-state index contributed by atoms with van der Waals surface area (Å²) >= 11 is 0. The molecule has 0 N–H and O–H groups in total. The first-order chi connectivity index (χ1) is 12.2. The smallest absolute Gasteiger partial charge is 0.135 e. The molecule has 5 nitrogen and oxygen atoms in total. The first kappa shape index (κ1) is 15.0. The lowest BCUT2D eigenvalue weighted by atomic mass is 10.1. The number of rotatable bonds is 6. The van der Waals surface area contributed by atoms with Gasteiger partial charge < -0.3 is 23.4 Å². The molecule has 0 spiro atoms. The number of aryl methyl sites for hydroxylation is 2. The van der Waals surface area contributed by atoms with Crippen LogP contribution < -0.4 is 9.47 Å². The molecule has 5 heteroatoms. The van der Waals surface area contributed by atoms with Crippen LogP contribution in [-0.4, -0.2) is 38.6 Å². The average molecular weight is 340 g/mol. The molecule has 2 aliphatic heterocycles. The van der Waals surface area contributed by atoms with Crippen molar-refractivity contribution < 1.29 is 23.4 Å². The molecule has 0 amide bonds. The molecule has 0 bridgehead atoms. The number of benzene rings is 2. The number of hydrogen-bond donors (Lipinski definition) is 0. The first-order valence-electron chi connectivity index (χ1n) is 8.63. The lowest BCUT2D eigenvalue weighted by Crippen LogP contribution is -2.05. The van der Waals surface area contributed by atoms with Gasteiger partial charge in [0.05, 0.1) is 13.2 Å². The molecule has 0 aliphatic carbocycles. The summed E-state index contributed by atoms with van der Waals surface area (Å²) in [4.78, 5) is 0. The molecule has 2 atom stereocenters. The minimum absolute atomic E-state index is 0.239. The summed E-state index contributed by atoms with van der Waals surface area (Å²) in [7, 11) is 0. The zero-order chi connectivity index (χ0) is 17.0. The zero-order valence-electron chi connectivity index (χ0n) is 14.3. The normalized spacial score (nSPS) is 21.7. The molecular weight excluding hydrogens is 320 g/mol. The highest BCUT2D eigenvalue weighted by atomic mass is 16.6. The van der Waals surface area contributed by atoms with E-state index < -0.39 is 0 Å². The van der Waals surface area contributed by atoms with E-state index >= 15 is 0 Å². The van der Waals surface area contributed by atoms with Gasteiger partial charge in [0.1, 0.15) is 48.1 Å². The Morgan fingerprint density at radius 3 is 1.64 bits per heavy atom.